The summed E-state index contributed by atoms with van der Waals surface area (Å²) in [6.45, 7) is 3.72. The van der Waals surface area contributed by atoms with Crippen molar-refractivity contribution in [3.63, 3.8) is 0 Å². The van der Waals surface area contributed by atoms with E-state index in [0.717, 1.165) is 5.56 Å². The van der Waals surface area contributed by atoms with Crippen molar-refractivity contribution in [1.82, 2.24) is 0 Å². The summed E-state index contributed by atoms with van der Waals surface area (Å²) in [4.78, 5) is 16.0. The minimum atomic E-state index is -4.10. The average Bonchev–Trinajstić information content (AvgIpc) is 2.16. The molecule has 84 valence electrons. The van der Waals surface area contributed by atoms with Crippen molar-refractivity contribution in [3.05, 3.63) is 42.8 Å². The second-order valence-electron chi connectivity index (χ2n) is 2.51. The Hall–Kier alpha value is 0.936. The van der Waals surface area contributed by atoms with Crippen molar-refractivity contribution in [1.29, 1.82) is 0 Å². The van der Waals surface area contributed by atoms with Crippen LogP contribution in [0.25, 0.3) is 0 Å². The van der Waals surface area contributed by atoms with Gasteiger partial charge in [-0.3, -0.25) is 4.57 Å². The van der Waals surface area contributed by atoms with Crippen LogP contribution in [0.2, 0.25) is 0 Å². The van der Waals surface area contributed by atoms with Gasteiger partial charge >= 0.3 is 67.7 Å². The minimum Gasteiger partial charge on any atom is -0.323 e. The summed E-state index contributed by atoms with van der Waals surface area (Å²) in [5, 5.41) is 0. The Labute approximate surface area is 138 Å². The molecule has 0 aliphatic heterocycles. The van der Waals surface area contributed by atoms with Crippen molar-refractivity contribution >= 4 is 16.3 Å². The maximum absolute atomic E-state index is 9.83. The zero-order valence-corrected chi connectivity index (χ0v) is 13.9. The van der Waals surface area contributed by atoms with E-state index in [-0.39, 0.29) is 51.4 Å². The molecule has 0 radical (unpaired) electrons. The van der Waals surface area contributed by atoms with Gasteiger partial charge in [0.2, 0.25) is 6.35 Å². The van der Waals surface area contributed by atoms with Crippen molar-refractivity contribution < 1.29 is 74.8 Å². The minimum absolute atomic E-state index is 0. The van der Waals surface area contributed by atoms with E-state index in [1.807, 2.05) is 30.3 Å². The molecule has 0 saturated carbocycles. The van der Waals surface area contributed by atoms with Crippen molar-refractivity contribution in [3.8, 4) is 0 Å². The quantitative estimate of drug-likeness (QED) is 0.421. The van der Waals surface area contributed by atoms with Crippen molar-refractivity contribution in [2.75, 3.05) is 6.35 Å². The van der Waals surface area contributed by atoms with Crippen LogP contribution in [0.1, 0.15) is 5.56 Å². The molecule has 1 aromatic carbocycles. The first kappa shape index (κ1) is 19.3. The van der Waals surface area contributed by atoms with Crippen LogP contribution in [-0.2, 0) is 13.7 Å². The Morgan fingerprint density at radius 2 is 1.81 bits per heavy atom. The van der Waals surface area contributed by atoms with E-state index in [9.17, 15) is 9.13 Å². The van der Waals surface area contributed by atoms with Crippen LogP contribution in [0.15, 0.2) is 30.3 Å². The van der Waals surface area contributed by atoms with Gasteiger partial charge in [-0.05, 0) is 4.57 Å². The molecule has 1 rings (SSSR count). The first-order valence-electron chi connectivity index (χ1n) is 3.86. The zero-order valence-electron chi connectivity index (χ0n) is 8.87. The van der Waals surface area contributed by atoms with Crippen LogP contribution >= 0.6 is 16.3 Å². The van der Waals surface area contributed by atoms with Gasteiger partial charge < -0.3 is 9.79 Å². The molecule has 1 atom stereocenters. The summed E-state index contributed by atoms with van der Waals surface area (Å²) < 4.78 is 23.2. The van der Waals surface area contributed by atoms with Crippen molar-refractivity contribution in [2.24, 2.45) is 0 Å². The summed E-state index contributed by atoms with van der Waals surface area (Å²) in [6.07, 6.45) is -0.769. The van der Waals surface area contributed by atoms with Gasteiger partial charge in [0.15, 0.2) is 0 Å². The molecular weight excluding hydrogens is 277 g/mol. The van der Waals surface area contributed by atoms with Crippen LogP contribution in [0.3, 0.4) is 0 Å². The maximum atomic E-state index is 9.83. The van der Waals surface area contributed by atoms with E-state index >= 15 is 0 Å². The molecule has 0 amide bonds. The molecule has 8 heteroatoms. The summed E-state index contributed by atoms with van der Waals surface area (Å²) in [6, 6.07) is 9.87. The fraction of sp³-hybridized carbons (Fsp3) is 0.125. The number of rotatable bonds is 3. The van der Waals surface area contributed by atoms with E-state index in [4.69, 9.17) is 9.79 Å². The van der Waals surface area contributed by atoms with Gasteiger partial charge in [0, 0.05) is 0 Å². The third-order valence-corrected chi connectivity index (χ3v) is 2.11. The van der Waals surface area contributed by atoms with Gasteiger partial charge in [0.05, 0.1) is 0 Å². The Kier molecular flexibility index (Phi) is 13.3. The van der Waals surface area contributed by atoms with E-state index < -0.39 is 22.6 Å². The predicted molar refractivity (Wildman–Crippen MR) is 57.9 cm³/mol. The summed E-state index contributed by atoms with van der Waals surface area (Å²) in [7, 11) is -5.21. The topological polar surface area (TPSA) is 83.8 Å². The number of hydrogen-bond donors (Lipinski definition) is 2. The zero-order chi connectivity index (χ0) is 11.7. The van der Waals surface area contributed by atoms with Crippen LogP contribution < -0.4 is 51.4 Å². The first-order chi connectivity index (χ1) is 6.95. The van der Waals surface area contributed by atoms with Gasteiger partial charge in [-0.15, -0.1) is 16.7 Å². The molecule has 16 heavy (non-hydrogen) atoms. The van der Waals surface area contributed by atoms with Gasteiger partial charge in [0.25, 0.3) is 0 Å². The molecule has 0 bridgehead atoms. The molecule has 0 heterocycles. The SMILES string of the molecule is O=[PH+]OCP(=O)(O)O.[CH2-]c1ccccc1.[K+]. The van der Waals surface area contributed by atoms with Crippen molar-refractivity contribution in [2.45, 2.75) is 0 Å². The third kappa shape index (κ3) is 14.9. The van der Waals surface area contributed by atoms with Crippen LogP contribution in [0.4, 0.5) is 0 Å². The van der Waals surface area contributed by atoms with Gasteiger partial charge in [-0.1, -0.05) is 6.07 Å². The fourth-order valence-electron chi connectivity index (χ4n) is 0.588. The van der Waals surface area contributed by atoms with Crippen LogP contribution in [0, 0.1) is 6.92 Å². The van der Waals surface area contributed by atoms with E-state index in [2.05, 4.69) is 11.4 Å². The van der Waals surface area contributed by atoms with Gasteiger partial charge in [0.1, 0.15) is 0 Å². The fourth-order valence-corrected chi connectivity index (χ4v) is 1.47. The molecule has 0 aliphatic carbocycles. The maximum Gasteiger partial charge on any atom is 1.00 e. The number of hydrogen-bond acceptors (Lipinski definition) is 3. The molecule has 0 aliphatic rings. The molecule has 0 aromatic heterocycles. The van der Waals surface area contributed by atoms with E-state index in [1.165, 1.54) is 0 Å². The molecule has 2 N–H and O–H groups in total. The molecule has 1 unspecified atom stereocenters. The molecule has 0 fully saturated rings. The largest absolute Gasteiger partial charge is 1.00 e. The molecule has 0 spiro atoms. The second-order valence-corrected chi connectivity index (χ2v) is 4.55. The first-order valence-corrected chi connectivity index (χ1v) is 6.47. The molecule has 5 nitrogen and oxygen atoms in total. The number of benzene rings is 1. The Bertz CT molecular complexity index is 326. The standard InChI is InChI=1S/C7H7.CH4O5P2.K/c1-7-5-3-2-4-6-7;2-7-6-1-8(3,4)5;/h2-6H,1H2;7H,1H2,(H-,3,4,5);/q-1;;+1/p+1. The van der Waals surface area contributed by atoms with Crippen LogP contribution in [-0.4, -0.2) is 16.1 Å². The summed E-state index contributed by atoms with van der Waals surface area (Å²) in [5.41, 5.74) is 1.07. The van der Waals surface area contributed by atoms with E-state index in [1.54, 1.807) is 0 Å². The van der Waals surface area contributed by atoms with Gasteiger partial charge in [-0.2, -0.15) is 24.6 Å². The molecule has 1 aromatic rings. The predicted octanol–water partition coefficient (Wildman–Crippen LogP) is -1.05. The second kappa shape index (κ2) is 11.1. The Morgan fingerprint density at radius 3 is 2.00 bits per heavy atom. The Balaban J connectivity index is 0. The third-order valence-electron chi connectivity index (χ3n) is 1.13. The normalized spacial score (nSPS) is 9.88. The van der Waals surface area contributed by atoms with Crippen LogP contribution in [0.5, 0.6) is 0 Å². The van der Waals surface area contributed by atoms with E-state index in [0.29, 0.717) is 0 Å². The molecule has 0 saturated heterocycles. The molecular formula is C8H12KO5P2+. The summed E-state index contributed by atoms with van der Waals surface area (Å²) in [5.74, 6) is 0. The Morgan fingerprint density at radius 1 is 1.31 bits per heavy atom. The summed E-state index contributed by atoms with van der Waals surface area (Å²) >= 11 is 0. The average molecular weight is 289 g/mol. The van der Waals surface area contributed by atoms with Gasteiger partial charge in [-0.25, -0.2) is 0 Å². The monoisotopic (exact) mass is 289 g/mol. The smallest absolute Gasteiger partial charge is 0.323 e.